The van der Waals surface area contributed by atoms with Gasteiger partial charge in [0.15, 0.2) is 0 Å². The van der Waals surface area contributed by atoms with Crippen molar-refractivity contribution in [1.82, 2.24) is 10.0 Å². The van der Waals surface area contributed by atoms with E-state index in [0.29, 0.717) is 19.6 Å². The number of amides is 1. The van der Waals surface area contributed by atoms with Crippen LogP contribution < -0.4 is 14.8 Å². The van der Waals surface area contributed by atoms with E-state index in [1.807, 2.05) is 30.3 Å². The molecule has 2 N–H and O–H groups in total. The van der Waals surface area contributed by atoms with Crippen molar-refractivity contribution in [2.75, 3.05) is 26.8 Å². The first kappa shape index (κ1) is 21.3. The van der Waals surface area contributed by atoms with Gasteiger partial charge in [0, 0.05) is 25.3 Å². The van der Waals surface area contributed by atoms with E-state index < -0.39 is 10.0 Å². The molecule has 1 saturated heterocycles. The molecule has 0 radical (unpaired) electrons. The molecule has 3 rings (SSSR count). The molecule has 1 amide bonds. The van der Waals surface area contributed by atoms with Crippen molar-refractivity contribution in [2.24, 2.45) is 0 Å². The van der Waals surface area contributed by atoms with Crippen molar-refractivity contribution in [1.29, 1.82) is 0 Å². The van der Waals surface area contributed by atoms with Crippen LogP contribution in [-0.2, 0) is 21.2 Å². The van der Waals surface area contributed by atoms with Gasteiger partial charge in [-0.05, 0) is 43.0 Å². The summed E-state index contributed by atoms with van der Waals surface area (Å²) in [6.45, 7) is 1.35. The number of methoxy groups -OCH3 is 1. The maximum Gasteiger partial charge on any atom is 0.251 e. The highest BCUT2D eigenvalue weighted by Gasteiger charge is 2.22. The van der Waals surface area contributed by atoms with Crippen molar-refractivity contribution < 1.29 is 22.7 Å². The average molecular weight is 419 g/mol. The van der Waals surface area contributed by atoms with E-state index in [9.17, 15) is 13.2 Å². The molecular formula is C21H26N2O5S. The Balaban J connectivity index is 1.68. The van der Waals surface area contributed by atoms with Gasteiger partial charge in [0.05, 0.1) is 13.2 Å². The predicted molar refractivity (Wildman–Crippen MR) is 110 cm³/mol. The van der Waals surface area contributed by atoms with Crippen molar-refractivity contribution in [3.05, 3.63) is 59.7 Å². The number of ether oxygens (including phenoxy) is 2. The van der Waals surface area contributed by atoms with Gasteiger partial charge in [-0.25, -0.2) is 13.1 Å². The molecule has 156 valence electrons. The molecule has 1 aliphatic heterocycles. The quantitative estimate of drug-likeness (QED) is 0.651. The maximum atomic E-state index is 12.8. The van der Waals surface area contributed by atoms with Crippen LogP contribution in [0.15, 0.2) is 53.4 Å². The van der Waals surface area contributed by atoms with Crippen molar-refractivity contribution in [3.8, 4) is 5.75 Å². The number of sulfonamides is 1. The molecule has 29 heavy (non-hydrogen) atoms. The Kier molecular flexibility index (Phi) is 7.24. The van der Waals surface area contributed by atoms with Crippen LogP contribution in [-0.4, -0.2) is 47.2 Å². The van der Waals surface area contributed by atoms with Gasteiger partial charge in [0.25, 0.3) is 5.91 Å². The fraction of sp³-hybridized carbons (Fsp3) is 0.381. The zero-order valence-corrected chi connectivity index (χ0v) is 17.2. The number of hydrogen-bond donors (Lipinski definition) is 2. The summed E-state index contributed by atoms with van der Waals surface area (Å²) in [5.74, 6) is -0.156. The van der Waals surface area contributed by atoms with Gasteiger partial charge in [0.2, 0.25) is 10.0 Å². The lowest BCUT2D eigenvalue weighted by molar-refractivity contribution is 0.0857. The molecule has 2 aromatic carbocycles. The Morgan fingerprint density at radius 1 is 1.21 bits per heavy atom. The summed E-state index contributed by atoms with van der Waals surface area (Å²) in [6, 6.07) is 14.0. The summed E-state index contributed by atoms with van der Waals surface area (Å²) in [5.41, 5.74) is 1.29. The number of hydrogen-bond acceptors (Lipinski definition) is 5. The molecule has 8 heteroatoms. The summed E-state index contributed by atoms with van der Waals surface area (Å²) >= 11 is 0. The fourth-order valence-corrected chi connectivity index (χ4v) is 4.42. The van der Waals surface area contributed by atoms with Crippen LogP contribution in [0.1, 0.15) is 28.8 Å². The Bertz CT molecular complexity index is 925. The SMILES string of the molecule is COc1ccc(C(=O)NC[C@H]2CCCO2)cc1S(=O)(=O)NCCc1ccccc1. The third-order valence-electron chi connectivity index (χ3n) is 4.78. The second-order valence-electron chi connectivity index (χ2n) is 6.84. The van der Waals surface area contributed by atoms with Gasteiger partial charge in [0.1, 0.15) is 10.6 Å². The van der Waals surface area contributed by atoms with Gasteiger partial charge in [-0.3, -0.25) is 4.79 Å². The van der Waals surface area contributed by atoms with Gasteiger partial charge in [-0.1, -0.05) is 30.3 Å². The average Bonchev–Trinajstić information content (AvgIpc) is 3.26. The van der Waals surface area contributed by atoms with Crippen LogP contribution in [0.5, 0.6) is 5.75 Å². The molecule has 1 atom stereocenters. The Morgan fingerprint density at radius 2 is 2.00 bits per heavy atom. The molecule has 0 bridgehead atoms. The molecule has 0 saturated carbocycles. The number of rotatable bonds is 9. The summed E-state index contributed by atoms with van der Waals surface area (Å²) in [7, 11) is -2.44. The fourth-order valence-electron chi connectivity index (χ4n) is 3.19. The standard InChI is InChI=1S/C21H26N2O5S/c1-27-19-10-9-17(21(24)22-15-18-8-5-13-28-18)14-20(19)29(25,26)23-12-11-16-6-3-2-4-7-16/h2-4,6-7,9-10,14,18,23H,5,8,11-13,15H2,1H3,(H,22,24)/t18-/m1/s1. The van der Waals surface area contributed by atoms with Crippen molar-refractivity contribution >= 4 is 15.9 Å². The van der Waals surface area contributed by atoms with E-state index in [2.05, 4.69) is 10.0 Å². The van der Waals surface area contributed by atoms with Crippen molar-refractivity contribution in [3.63, 3.8) is 0 Å². The van der Waals surface area contributed by atoms with Gasteiger partial charge in [-0.2, -0.15) is 0 Å². The lowest BCUT2D eigenvalue weighted by Gasteiger charge is -2.14. The number of nitrogens with one attached hydrogen (secondary N) is 2. The summed E-state index contributed by atoms with van der Waals surface area (Å²) in [5, 5.41) is 2.80. The predicted octanol–water partition coefficient (Wildman–Crippen LogP) is 2.12. The molecule has 0 aromatic heterocycles. The van der Waals surface area contributed by atoms with Crippen LogP contribution in [0.3, 0.4) is 0 Å². The Morgan fingerprint density at radius 3 is 2.69 bits per heavy atom. The first-order chi connectivity index (χ1) is 14.0. The van der Waals surface area contributed by atoms with Crippen molar-refractivity contribution in [2.45, 2.75) is 30.3 Å². The molecule has 1 heterocycles. The number of carbonyl (C=O) groups excluding carboxylic acids is 1. The van der Waals surface area contributed by atoms with E-state index >= 15 is 0 Å². The van der Waals surface area contributed by atoms with Gasteiger partial charge >= 0.3 is 0 Å². The third kappa shape index (κ3) is 5.79. The molecular weight excluding hydrogens is 392 g/mol. The van der Waals surface area contributed by atoms with Crippen LogP contribution in [0.2, 0.25) is 0 Å². The van der Waals surface area contributed by atoms with E-state index in [1.165, 1.54) is 19.2 Å². The van der Waals surface area contributed by atoms with Crippen LogP contribution in [0, 0.1) is 0 Å². The van der Waals surface area contributed by atoms with E-state index in [4.69, 9.17) is 9.47 Å². The monoisotopic (exact) mass is 418 g/mol. The molecule has 0 spiro atoms. The summed E-state index contributed by atoms with van der Waals surface area (Å²) < 4.78 is 38.9. The van der Waals surface area contributed by atoms with Gasteiger partial charge in [-0.15, -0.1) is 0 Å². The summed E-state index contributed by atoms with van der Waals surface area (Å²) in [4.78, 5) is 12.4. The van der Waals surface area contributed by atoms with E-state index in [0.717, 1.165) is 18.4 Å². The first-order valence-corrected chi connectivity index (χ1v) is 11.1. The largest absolute Gasteiger partial charge is 0.495 e. The smallest absolute Gasteiger partial charge is 0.251 e. The van der Waals surface area contributed by atoms with Gasteiger partial charge < -0.3 is 14.8 Å². The Labute approximate surface area is 171 Å². The third-order valence-corrected chi connectivity index (χ3v) is 6.26. The topological polar surface area (TPSA) is 93.7 Å². The lowest BCUT2D eigenvalue weighted by atomic mass is 10.2. The molecule has 1 aliphatic rings. The lowest BCUT2D eigenvalue weighted by Crippen LogP contribution is -2.32. The minimum Gasteiger partial charge on any atom is -0.495 e. The zero-order valence-electron chi connectivity index (χ0n) is 16.4. The Hall–Kier alpha value is -2.42. The van der Waals surface area contributed by atoms with Crippen LogP contribution in [0.25, 0.3) is 0 Å². The molecule has 0 unspecified atom stereocenters. The molecule has 7 nitrogen and oxygen atoms in total. The second-order valence-corrected chi connectivity index (χ2v) is 8.58. The van der Waals surface area contributed by atoms with Crippen LogP contribution in [0.4, 0.5) is 0 Å². The van der Waals surface area contributed by atoms with Crippen LogP contribution >= 0.6 is 0 Å². The second kappa shape index (κ2) is 9.87. The number of benzene rings is 2. The summed E-state index contributed by atoms with van der Waals surface area (Å²) in [6.07, 6.45) is 2.47. The van der Waals surface area contributed by atoms with E-state index in [-0.39, 0.29) is 34.8 Å². The highest BCUT2D eigenvalue weighted by atomic mass is 32.2. The zero-order chi connectivity index (χ0) is 20.7. The van der Waals surface area contributed by atoms with E-state index in [1.54, 1.807) is 6.07 Å². The molecule has 1 fully saturated rings. The highest BCUT2D eigenvalue weighted by Crippen LogP contribution is 2.25. The minimum atomic E-state index is -3.84. The molecule has 2 aromatic rings. The number of carbonyl (C=O) groups is 1. The highest BCUT2D eigenvalue weighted by molar-refractivity contribution is 7.89. The maximum absolute atomic E-state index is 12.8. The minimum absolute atomic E-state index is 0.0139. The molecule has 0 aliphatic carbocycles. The first-order valence-electron chi connectivity index (χ1n) is 9.61. The normalized spacial score (nSPS) is 16.5.